The van der Waals surface area contributed by atoms with Crippen LogP contribution >= 0.6 is 0 Å². The molecule has 0 bridgehead atoms. The third-order valence-electron chi connectivity index (χ3n) is 3.23. The molecule has 2 aromatic rings. The topological polar surface area (TPSA) is 55.8 Å². The Hall–Kier alpha value is -2.70. The van der Waals surface area contributed by atoms with Crippen molar-refractivity contribution in [2.45, 2.75) is 6.18 Å². The highest BCUT2D eigenvalue weighted by Crippen LogP contribution is 2.41. The van der Waals surface area contributed by atoms with Crippen LogP contribution in [0, 0.1) is 0 Å². The number of ether oxygens (including phenoxy) is 2. The summed E-state index contributed by atoms with van der Waals surface area (Å²) >= 11 is 0. The second-order valence-electron chi connectivity index (χ2n) is 4.64. The van der Waals surface area contributed by atoms with Crippen molar-refractivity contribution in [3.05, 3.63) is 47.5 Å². The molecule has 0 heterocycles. The molecule has 0 unspecified atom stereocenters. The Balaban J connectivity index is 2.70. The Morgan fingerprint density at radius 1 is 1.04 bits per heavy atom. The van der Waals surface area contributed by atoms with Crippen LogP contribution in [-0.2, 0) is 6.18 Å². The fraction of sp³-hybridized carbons (Fsp3) is 0.188. The number of carboxylic acids is 1. The number of aromatic carboxylic acids is 1. The van der Waals surface area contributed by atoms with Crippen molar-refractivity contribution in [3.8, 4) is 22.6 Å². The summed E-state index contributed by atoms with van der Waals surface area (Å²) in [5, 5.41) is 9.08. The number of carbonyl (C=O) groups is 1. The van der Waals surface area contributed by atoms with E-state index in [4.69, 9.17) is 14.6 Å². The van der Waals surface area contributed by atoms with Crippen LogP contribution < -0.4 is 9.47 Å². The van der Waals surface area contributed by atoms with Crippen LogP contribution in [0.15, 0.2) is 36.4 Å². The zero-order chi connectivity index (χ0) is 17.2. The molecule has 0 radical (unpaired) electrons. The van der Waals surface area contributed by atoms with Gasteiger partial charge < -0.3 is 14.6 Å². The fourth-order valence-electron chi connectivity index (χ4n) is 2.17. The van der Waals surface area contributed by atoms with Crippen LogP contribution in [0.2, 0.25) is 0 Å². The zero-order valence-corrected chi connectivity index (χ0v) is 12.3. The van der Waals surface area contributed by atoms with E-state index in [-0.39, 0.29) is 28.2 Å². The maximum absolute atomic E-state index is 12.9. The van der Waals surface area contributed by atoms with E-state index in [9.17, 15) is 18.0 Å². The summed E-state index contributed by atoms with van der Waals surface area (Å²) in [6.45, 7) is 0. The Kier molecular flexibility index (Phi) is 4.49. The number of hydrogen-bond donors (Lipinski definition) is 1. The summed E-state index contributed by atoms with van der Waals surface area (Å²) in [7, 11) is 2.61. The summed E-state index contributed by atoms with van der Waals surface area (Å²) in [4.78, 5) is 11.1. The van der Waals surface area contributed by atoms with Crippen LogP contribution in [0.1, 0.15) is 15.9 Å². The summed E-state index contributed by atoms with van der Waals surface area (Å²) in [5.41, 5.74) is -0.438. The number of hydrogen-bond acceptors (Lipinski definition) is 3. The van der Waals surface area contributed by atoms with Gasteiger partial charge in [-0.05, 0) is 29.8 Å². The van der Waals surface area contributed by atoms with Crippen LogP contribution in [0.3, 0.4) is 0 Å². The minimum absolute atomic E-state index is 0.0885. The summed E-state index contributed by atoms with van der Waals surface area (Å²) in [6.07, 6.45) is -4.49. The van der Waals surface area contributed by atoms with E-state index in [1.54, 1.807) is 0 Å². The Morgan fingerprint density at radius 2 is 1.61 bits per heavy atom. The molecule has 4 nitrogen and oxygen atoms in total. The lowest BCUT2D eigenvalue weighted by molar-refractivity contribution is -0.137. The second-order valence-corrected chi connectivity index (χ2v) is 4.64. The van der Waals surface area contributed by atoms with E-state index in [1.807, 2.05) is 0 Å². The molecule has 0 aliphatic heterocycles. The molecule has 0 aliphatic carbocycles. The second kappa shape index (κ2) is 6.20. The lowest BCUT2D eigenvalue weighted by Gasteiger charge is -2.16. The molecule has 7 heteroatoms. The SMILES string of the molecule is COc1cc(C(=O)O)cc(OC)c1-c1cccc(C(F)(F)F)c1. The van der Waals surface area contributed by atoms with Crippen molar-refractivity contribution in [2.24, 2.45) is 0 Å². The maximum atomic E-state index is 12.9. The van der Waals surface area contributed by atoms with Crippen molar-refractivity contribution >= 4 is 5.97 Å². The van der Waals surface area contributed by atoms with Gasteiger partial charge in [0.1, 0.15) is 11.5 Å². The average Bonchev–Trinajstić information content (AvgIpc) is 2.52. The molecule has 2 rings (SSSR count). The Labute approximate surface area is 130 Å². The molecule has 0 saturated carbocycles. The van der Waals surface area contributed by atoms with Crippen LogP contribution in [-0.4, -0.2) is 25.3 Å². The fourth-order valence-corrected chi connectivity index (χ4v) is 2.17. The first-order chi connectivity index (χ1) is 10.8. The van der Waals surface area contributed by atoms with Gasteiger partial charge in [0.05, 0.1) is 30.9 Å². The van der Waals surface area contributed by atoms with Gasteiger partial charge in [-0.1, -0.05) is 12.1 Å². The van der Waals surface area contributed by atoms with E-state index in [2.05, 4.69) is 0 Å². The predicted octanol–water partition coefficient (Wildman–Crippen LogP) is 4.09. The van der Waals surface area contributed by atoms with Gasteiger partial charge in [0.25, 0.3) is 0 Å². The van der Waals surface area contributed by atoms with Crippen molar-refractivity contribution in [2.75, 3.05) is 14.2 Å². The quantitative estimate of drug-likeness (QED) is 0.919. The lowest BCUT2D eigenvalue weighted by Crippen LogP contribution is -2.05. The highest BCUT2D eigenvalue weighted by molar-refractivity contribution is 5.91. The monoisotopic (exact) mass is 326 g/mol. The third-order valence-corrected chi connectivity index (χ3v) is 3.23. The van der Waals surface area contributed by atoms with Crippen molar-refractivity contribution < 1.29 is 32.5 Å². The summed E-state index contributed by atoms with van der Waals surface area (Å²) < 4.78 is 48.9. The largest absolute Gasteiger partial charge is 0.496 e. The van der Waals surface area contributed by atoms with Gasteiger partial charge in [-0.3, -0.25) is 0 Å². The molecule has 23 heavy (non-hydrogen) atoms. The summed E-state index contributed by atoms with van der Waals surface area (Å²) in [5.74, 6) is -0.973. The zero-order valence-electron chi connectivity index (χ0n) is 12.3. The van der Waals surface area contributed by atoms with Crippen LogP contribution in [0.4, 0.5) is 13.2 Å². The number of halogens is 3. The first-order valence-electron chi connectivity index (χ1n) is 6.45. The van der Waals surface area contributed by atoms with E-state index < -0.39 is 17.7 Å². The normalized spacial score (nSPS) is 11.2. The molecule has 0 saturated heterocycles. The number of rotatable bonds is 4. The van der Waals surface area contributed by atoms with E-state index >= 15 is 0 Å². The minimum Gasteiger partial charge on any atom is -0.496 e. The molecule has 0 atom stereocenters. The molecule has 122 valence electrons. The lowest BCUT2D eigenvalue weighted by atomic mass is 9.99. The number of benzene rings is 2. The van der Waals surface area contributed by atoms with Crippen LogP contribution in [0.25, 0.3) is 11.1 Å². The summed E-state index contributed by atoms with van der Waals surface area (Å²) in [6, 6.07) is 7.12. The molecule has 0 spiro atoms. The highest BCUT2D eigenvalue weighted by Gasteiger charge is 2.31. The van der Waals surface area contributed by atoms with Gasteiger partial charge in [0, 0.05) is 0 Å². The Bertz CT molecular complexity index is 713. The van der Waals surface area contributed by atoms with E-state index in [0.717, 1.165) is 12.1 Å². The van der Waals surface area contributed by atoms with Crippen LogP contribution in [0.5, 0.6) is 11.5 Å². The first kappa shape index (κ1) is 16.7. The molecule has 1 N–H and O–H groups in total. The van der Waals surface area contributed by atoms with Crippen molar-refractivity contribution in [1.82, 2.24) is 0 Å². The van der Waals surface area contributed by atoms with Gasteiger partial charge in [-0.15, -0.1) is 0 Å². The van der Waals surface area contributed by atoms with Crippen molar-refractivity contribution in [3.63, 3.8) is 0 Å². The van der Waals surface area contributed by atoms with Gasteiger partial charge in [-0.2, -0.15) is 13.2 Å². The average molecular weight is 326 g/mol. The van der Waals surface area contributed by atoms with Crippen molar-refractivity contribution in [1.29, 1.82) is 0 Å². The number of methoxy groups -OCH3 is 2. The predicted molar refractivity (Wildman–Crippen MR) is 76.9 cm³/mol. The first-order valence-corrected chi connectivity index (χ1v) is 6.45. The standard InChI is InChI=1S/C16H13F3O4/c1-22-12-7-10(15(20)21)8-13(23-2)14(12)9-4-3-5-11(6-9)16(17,18)19/h3-8H,1-2H3,(H,20,21). The van der Waals surface area contributed by atoms with Gasteiger partial charge in [0.15, 0.2) is 0 Å². The smallest absolute Gasteiger partial charge is 0.416 e. The molecular formula is C16H13F3O4. The van der Waals surface area contributed by atoms with Gasteiger partial charge >= 0.3 is 12.1 Å². The molecule has 0 fully saturated rings. The molecule has 0 aliphatic rings. The maximum Gasteiger partial charge on any atom is 0.416 e. The molecule has 0 aromatic heterocycles. The van der Waals surface area contributed by atoms with Gasteiger partial charge in [-0.25, -0.2) is 4.79 Å². The number of carboxylic acid groups (broad SMARTS) is 1. The van der Waals surface area contributed by atoms with Gasteiger partial charge in [0.2, 0.25) is 0 Å². The van der Waals surface area contributed by atoms with E-state index in [1.165, 1.54) is 38.5 Å². The molecule has 2 aromatic carbocycles. The molecule has 0 amide bonds. The highest BCUT2D eigenvalue weighted by atomic mass is 19.4. The van der Waals surface area contributed by atoms with E-state index in [0.29, 0.717) is 0 Å². The molecular weight excluding hydrogens is 313 g/mol. The minimum atomic E-state index is -4.49. The third kappa shape index (κ3) is 3.39. The Morgan fingerprint density at radius 3 is 2.04 bits per heavy atom. The number of alkyl halides is 3.